The van der Waals surface area contributed by atoms with E-state index in [0.717, 1.165) is 32.1 Å². The van der Waals surface area contributed by atoms with Crippen LogP contribution in [0.3, 0.4) is 0 Å². The summed E-state index contributed by atoms with van der Waals surface area (Å²) in [6.07, 6.45) is 3.82. The second-order valence-electron chi connectivity index (χ2n) is 8.51. The van der Waals surface area contributed by atoms with Gasteiger partial charge in [0.15, 0.2) is 6.10 Å². The zero-order valence-electron chi connectivity index (χ0n) is 14.8. The van der Waals surface area contributed by atoms with Gasteiger partial charge in [-0.05, 0) is 81.5 Å². The highest BCUT2D eigenvalue weighted by atomic mass is 35.5. The molecule has 1 aromatic carbocycles. The monoisotopic (exact) mass is 377 g/mol. The first kappa shape index (κ1) is 17.8. The van der Waals surface area contributed by atoms with Crippen LogP contribution in [0.2, 0.25) is 5.02 Å². The normalized spacial score (nSPS) is 35.8. The molecule has 0 aliphatic heterocycles. The number of carbonyl (C=O) groups is 2. The first-order valence-corrected chi connectivity index (χ1v) is 9.65. The Morgan fingerprint density at radius 1 is 1.19 bits per heavy atom. The molecular formula is C20H24ClNO4. The van der Waals surface area contributed by atoms with Crippen LogP contribution in [0.4, 0.5) is 5.69 Å². The molecular weight excluding hydrogens is 354 g/mol. The van der Waals surface area contributed by atoms with E-state index in [0.29, 0.717) is 29.0 Å². The number of benzene rings is 1. The van der Waals surface area contributed by atoms with Crippen LogP contribution in [0.5, 0.6) is 0 Å². The summed E-state index contributed by atoms with van der Waals surface area (Å²) in [6, 6.07) is 6.76. The van der Waals surface area contributed by atoms with Crippen LogP contribution < -0.4 is 5.32 Å². The second-order valence-corrected chi connectivity index (χ2v) is 8.95. The maximum Gasteiger partial charge on any atom is 0.312 e. The van der Waals surface area contributed by atoms with Gasteiger partial charge in [-0.2, -0.15) is 0 Å². The first-order chi connectivity index (χ1) is 12.3. The molecule has 0 spiro atoms. The number of hydrogen-bond donors (Lipinski definition) is 2. The van der Waals surface area contributed by atoms with Crippen molar-refractivity contribution in [2.45, 2.75) is 57.2 Å². The Morgan fingerprint density at radius 2 is 1.81 bits per heavy atom. The minimum atomic E-state index is -0.888. The molecule has 0 saturated heterocycles. The molecule has 2 unspecified atom stereocenters. The molecule has 5 rings (SSSR count). The Kier molecular flexibility index (Phi) is 4.27. The third-order valence-electron chi connectivity index (χ3n) is 6.23. The average molecular weight is 378 g/mol. The van der Waals surface area contributed by atoms with Crippen molar-refractivity contribution in [2.24, 2.45) is 17.3 Å². The van der Waals surface area contributed by atoms with Crippen LogP contribution in [0, 0.1) is 17.3 Å². The molecule has 5 atom stereocenters. The number of aliphatic hydroxyl groups is 1. The Bertz CT molecular complexity index is 718. The maximum atomic E-state index is 12.9. The summed E-state index contributed by atoms with van der Waals surface area (Å²) in [6.45, 7) is 1.58. The molecule has 140 valence electrons. The minimum Gasteiger partial charge on any atom is -0.452 e. The summed E-state index contributed by atoms with van der Waals surface area (Å²) >= 11 is 5.84. The molecule has 1 amide bonds. The molecule has 1 aromatic rings. The topological polar surface area (TPSA) is 75.6 Å². The van der Waals surface area contributed by atoms with E-state index in [-0.39, 0.29) is 11.9 Å². The van der Waals surface area contributed by atoms with Gasteiger partial charge in [0.1, 0.15) is 0 Å². The second kappa shape index (κ2) is 6.24. The van der Waals surface area contributed by atoms with Gasteiger partial charge in [0.25, 0.3) is 5.91 Å². The van der Waals surface area contributed by atoms with Crippen molar-refractivity contribution in [1.82, 2.24) is 0 Å². The Balaban J connectivity index is 1.41. The van der Waals surface area contributed by atoms with Crippen molar-refractivity contribution in [1.29, 1.82) is 0 Å². The van der Waals surface area contributed by atoms with E-state index in [1.165, 1.54) is 0 Å². The van der Waals surface area contributed by atoms with Crippen LogP contribution in [-0.4, -0.2) is 28.7 Å². The number of amides is 1. The van der Waals surface area contributed by atoms with Gasteiger partial charge in [-0.25, -0.2) is 0 Å². The highest BCUT2D eigenvalue weighted by molar-refractivity contribution is 6.30. The summed E-state index contributed by atoms with van der Waals surface area (Å²) in [5.41, 5.74) is -0.739. The van der Waals surface area contributed by atoms with E-state index in [9.17, 15) is 14.7 Å². The predicted molar refractivity (Wildman–Crippen MR) is 97.7 cm³/mol. The molecule has 4 bridgehead atoms. The van der Waals surface area contributed by atoms with E-state index in [2.05, 4.69) is 5.32 Å². The predicted octanol–water partition coefficient (Wildman–Crippen LogP) is 3.54. The molecule has 4 fully saturated rings. The number of halogens is 1. The lowest BCUT2D eigenvalue weighted by Gasteiger charge is -2.58. The van der Waals surface area contributed by atoms with Crippen molar-refractivity contribution in [3.05, 3.63) is 29.3 Å². The zero-order valence-corrected chi connectivity index (χ0v) is 15.6. The van der Waals surface area contributed by atoms with Crippen LogP contribution in [0.25, 0.3) is 0 Å². The minimum absolute atomic E-state index is 0.330. The molecule has 6 heteroatoms. The third-order valence-corrected chi connectivity index (χ3v) is 6.48. The largest absolute Gasteiger partial charge is 0.452 e. The molecule has 2 N–H and O–H groups in total. The van der Waals surface area contributed by atoms with Gasteiger partial charge < -0.3 is 15.2 Å². The van der Waals surface area contributed by atoms with Crippen molar-refractivity contribution in [3.63, 3.8) is 0 Å². The number of esters is 1. The molecule has 4 saturated carbocycles. The van der Waals surface area contributed by atoms with E-state index >= 15 is 0 Å². The summed E-state index contributed by atoms with van der Waals surface area (Å²) in [5, 5.41) is 14.1. The lowest BCUT2D eigenvalue weighted by atomic mass is 9.48. The van der Waals surface area contributed by atoms with Gasteiger partial charge in [0.2, 0.25) is 0 Å². The van der Waals surface area contributed by atoms with Crippen LogP contribution in [0.1, 0.15) is 45.4 Å². The lowest BCUT2D eigenvalue weighted by molar-refractivity contribution is -0.199. The van der Waals surface area contributed by atoms with E-state index in [1.807, 2.05) is 0 Å². The quantitative estimate of drug-likeness (QED) is 0.787. The Morgan fingerprint density at radius 3 is 2.38 bits per heavy atom. The van der Waals surface area contributed by atoms with Crippen LogP contribution >= 0.6 is 11.6 Å². The van der Waals surface area contributed by atoms with E-state index in [4.69, 9.17) is 16.3 Å². The van der Waals surface area contributed by atoms with Gasteiger partial charge in [0, 0.05) is 10.7 Å². The lowest BCUT2D eigenvalue weighted by Crippen LogP contribution is -2.59. The molecule has 0 aromatic heterocycles. The Hall–Kier alpha value is -1.59. The average Bonchev–Trinajstić information content (AvgIpc) is 2.54. The summed E-state index contributed by atoms with van der Waals surface area (Å²) in [7, 11) is 0. The first-order valence-electron chi connectivity index (χ1n) is 9.27. The number of hydrogen-bond acceptors (Lipinski definition) is 4. The zero-order chi connectivity index (χ0) is 18.5. The SMILES string of the molecule is C[C@H](OC(=O)C12C[C@@H]3C[C@@H](CC(O)(C3)C1)C2)C(=O)Nc1ccc(Cl)cc1. The van der Waals surface area contributed by atoms with Gasteiger partial charge in [-0.15, -0.1) is 0 Å². The maximum absolute atomic E-state index is 12.9. The number of ether oxygens (including phenoxy) is 1. The summed E-state index contributed by atoms with van der Waals surface area (Å²) in [5.74, 6) is 0.0897. The van der Waals surface area contributed by atoms with Crippen LogP contribution in [-0.2, 0) is 14.3 Å². The number of carbonyl (C=O) groups excluding carboxylic acids is 2. The molecule has 5 nitrogen and oxygen atoms in total. The van der Waals surface area contributed by atoms with Gasteiger partial charge in [0.05, 0.1) is 11.0 Å². The Labute approximate surface area is 158 Å². The van der Waals surface area contributed by atoms with E-state index in [1.54, 1.807) is 31.2 Å². The van der Waals surface area contributed by atoms with Crippen LogP contribution in [0.15, 0.2) is 24.3 Å². The third kappa shape index (κ3) is 3.23. The van der Waals surface area contributed by atoms with Gasteiger partial charge in [-0.1, -0.05) is 11.6 Å². The molecule has 26 heavy (non-hydrogen) atoms. The summed E-state index contributed by atoms with van der Waals surface area (Å²) < 4.78 is 5.55. The highest BCUT2D eigenvalue weighted by Gasteiger charge is 2.61. The highest BCUT2D eigenvalue weighted by Crippen LogP contribution is 2.62. The van der Waals surface area contributed by atoms with Crippen molar-refractivity contribution in [2.75, 3.05) is 5.32 Å². The van der Waals surface area contributed by atoms with Gasteiger partial charge >= 0.3 is 5.97 Å². The van der Waals surface area contributed by atoms with Crippen molar-refractivity contribution >= 4 is 29.2 Å². The molecule has 4 aliphatic carbocycles. The number of rotatable bonds is 4. The fraction of sp³-hybridized carbons (Fsp3) is 0.600. The standard InChI is InChI=1S/C20H24ClNO4/c1-12(17(23)22-16-4-2-15(21)3-5-16)26-18(24)19-7-13-6-14(8-19)10-20(25,9-13)11-19/h2-5,12-14,25H,6-11H2,1H3,(H,22,23)/t12-,13-,14+,19?,20?/m0/s1. The van der Waals surface area contributed by atoms with E-state index < -0.39 is 17.1 Å². The van der Waals surface area contributed by atoms with Gasteiger partial charge in [-0.3, -0.25) is 9.59 Å². The molecule has 0 radical (unpaired) electrons. The smallest absolute Gasteiger partial charge is 0.312 e. The fourth-order valence-corrected chi connectivity index (χ4v) is 5.70. The number of nitrogens with one attached hydrogen (secondary N) is 1. The number of anilines is 1. The van der Waals surface area contributed by atoms with Crippen molar-refractivity contribution in [3.8, 4) is 0 Å². The fourth-order valence-electron chi connectivity index (χ4n) is 5.57. The molecule has 4 aliphatic rings. The van der Waals surface area contributed by atoms with Crippen molar-refractivity contribution < 1.29 is 19.4 Å². The summed E-state index contributed by atoms with van der Waals surface area (Å²) in [4.78, 5) is 25.3. The molecule has 0 heterocycles.